The molecule has 1 aromatic carbocycles. The highest BCUT2D eigenvalue weighted by molar-refractivity contribution is 5.14. The van der Waals surface area contributed by atoms with Crippen LogP contribution in [0.25, 0.3) is 0 Å². The Morgan fingerprint density at radius 1 is 1.18 bits per heavy atom. The van der Waals surface area contributed by atoms with Gasteiger partial charge in [-0.05, 0) is 38.4 Å². The fourth-order valence-corrected chi connectivity index (χ4v) is 2.68. The highest BCUT2D eigenvalue weighted by Crippen LogP contribution is 2.31. The molecule has 1 heterocycles. The van der Waals surface area contributed by atoms with E-state index in [-0.39, 0.29) is 6.54 Å². The molecule has 0 spiro atoms. The van der Waals surface area contributed by atoms with Crippen LogP contribution in [-0.4, -0.2) is 47.5 Å². The fourth-order valence-electron chi connectivity index (χ4n) is 2.68. The lowest BCUT2D eigenvalue weighted by atomic mass is 10.0. The highest BCUT2D eigenvalue weighted by atomic mass is 19.4. The molecule has 22 heavy (non-hydrogen) atoms. The number of piperidine rings is 1. The number of aliphatic hydroxyl groups is 1. The van der Waals surface area contributed by atoms with Gasteiger partial charge in [0.05, 0.1) is 0 Å². The van der Waals surface area contributed by atoms with Crippen LogP contribution in [0.5, 0.6) is 0 Å². The molecule has 2 N–H and O–H groups in total. The summed E-state index contributed by atoms with van der Waals surface area (Å²) in [5.41, 5.74) is -1.44. The van der Waals surface area contributed by atoms with Crippen LogP contribution in [0.4, 0.5) is 13.2 Å². The van der Waals surface area contributed by atoms with Gasteiger partial charge in [-0.15, -0.1) is 0 Å². The summed E-state index contributed by atoms with van der Waals surface area (Å²) in [4.78, 5) is 1.69. The van der Waals surface area contributed by atoms with Crippen molar-refractivity contribution in [2.45, 2.75) is 44.1 Å². The van der Waals surface area contributed by atoms with Crippen molar-refractivity contribution >= 4 is 0 Å². The van der Waals surface area contributed by atoms with E-state index in [1.165, 1.54) is 5.56 Å². The Kier molecular flexibility index (Phi) is 5.47. The van der Waals surface area contributed by atoms with Crippen LogP contribution < -0.4 is 5.32 Å². The average Bonchev–Trinajstić information content (AvgIpc) is 2.46. The van der Waals surface area contributed by atoms with Crippen molar-refractivity contribution < 1.29 is 18.3 Å². The van der Waals surface area contributed by atoms with E-state index < -0.39 is 11.8 Å². The van der Waals surface area contributed by atoms with Crippen molar-refractivity contribution in [1.82, 2.24) is 10.2 Å². The summed E-state index contributed by atoms with van der Waals surface area (Å²) >= 11 is 0. The van der Waals surface area contributed by atoms with Crippen LogP contribution in [0, 0.1) is 0 Å². The summed E-state index contributed by atoms with van der Waals surface area (Å²) in [7, 11) is 0. The Morgan fingerprint density at radius 2 is 1.77 bits per heavy atom. The molecule has 1 aliphatic heterocycles. The van der Waals surface area contributed by atoms with Crippen LogP contribution in [0.15, 0.2) is 30.3 Å². The Labute approximate surface area is 129 Å². The molecule has 1 aromatic rings. The van der Waals surface area contributed by atoms with Crippen LogP contribution in [0.1, 0.15) is 25.3 Å². The van der Waals surface area contributed by atoms with E-state index >= 15 is 0 Å². The van der Waals surface area contributed by atoms with E-state index in [1.54, 1.807) is 4.90 Å². The molecule has 0 aliphatic carbocycles. The summed E-state index contributed by atoms with van der Waals surface area (Å²) in [6.45, 7) is 2.39. The van der Waals surface area contributed by atoms with Crippen LogP contribution >= 0.6 is 0 Å². The summed E-state index contributed by atoms with van der Waals surface area (Å²) in [5.74, 6) is 0. The summed E-state index contributed by atoms with van der Waals surface area (Å²) in [5, 5.41) is 13.0. The number of likely N-dealkylation sites (tertiary alicyclic amines) is 1. The number of β-amino-alcohol motifs (C(OH)–C–C–N with tert-alkyl or cyclic N) is 1. The monoisotopic (exact) mass is 316 g/mol. The average molecular weight is 316 g/mol. The van der Waals surface area contributed by atoms with Crippen LogP contribution in [0.3, 0.4) is 0 Å². The topological polar surface area (TPSA) is 35.5 Å². The number of hydrogen-bond acceptors (Lipinski definition) is 3. The van der Waals surface area contributed by atoms with Gasteiger partial charge in [-0.2, -0.15) is 13.2 Å². The lowest BCUT2D eigenvalue weighted by Gasteiger charge is -2.37. The molecule has 0 bridgehead atoms. The Bertz CT molecular complexity index is 454. The van der Waals surface area contributed by atoms with Crippen molar-refractivity contribution in [2.75, 3.05) is 19.6 Å². The summed E-state index contributed by atoms with van der Waals surface area (Å²) in [6.07, 6.45) is -3.00. The third kappa shape index (κ3) is 4.69. The number of hydrogen-bond donors (Lipinski definition) is 2. The van der Waals surface area contributed by atoms with E-state index in [4.69, 9.17) is 0 Å². The molecule has 0 saturated carbocycles. The molecular weight excluding hydrogens is 293 g/mol. The maximum atomic E-state index is 12.7. The van der Waals surface area contributed by atoms with Crippen molar-refractivity contribution in [3.8, 4) is 0 Å². The third-order valence-corrected chi connectivity index (χ3v) is 4.17. The zero-order valence-corrected chi connectivity index (χ0v) is 12.7. The van der Waals surface area contributed by atoms with Gasteiger partial charge in [0.2, 0.25) is 0 Å². The molecule has 1 aliphatic rings. The summed E-state index contributed by atoms with van der Waals surface area (Å²) < 4.78 is 38.1. The molecule has 1 atom stereocenters. The fraction of sp³-hybridized carbons (Fsp3) is 0.625. The molecule has 0 amide bonds. The van der Waals surface area contributed by atoms with Crippen LogP contribution in [0.2, 0.25) is 0 Å². The molecule has 0 unspecified atom stereocenters. The molecule has 124 valence electrons. The van der Waals surface area contributed by atoms with Gasteiger partial charge >= 0.3 is 6.18 Å². The van der Waals surface area contributed by atoms with Gasteiger partial charge in [-0.3, -0.25) is 0 Å². The largest absolute Gasteiger partial charge is 0.418 e. The van der Waals surface area contributed by atoms with Gasteiger partial charge in [0.25, 0.3) is 0 Å². The minimum atomic E-state index is -4.59. The Morgan fingerprint density at radius 3 is 2.32 bits per heavy atom. The van der Waals surface area contributed by atoms with Gasteiger partial charge in [0.15, 0.2) is 5.60 Å². The molecule has 0 aromatic heterocycles. The standard InChI is InChI=1S/C16H23F3N2O/c1-15(22,16(17,18)19)12-21-9-7-14(8-10-21)20-11-13-5-3-2-4-6-13/h2-6,14,20,22H,7-12H2,1H3/t15-/m0/s1. The van der Waals surface area contributed by atoms with Crippen LogP contribution in [-0.2, 0) is 6.54 Å². The SMILES string of the molecule is C[C@](O)(CN1CCC(NCc2ccccc2)CC1)C(F)(F)F. The maximum Gasteiger partial charge on any atom is 0.418 e. The van der Waals surface area contributed by atoms with Gasteiger partial charge < -0.3 is 15.3 Å². The van der Waals surface area contributed by atoms with E-state index in [2.05, 4.69) is 5.32 Å². The Hall–Kier alpha value is -1.11. The number of benzene rings is 1. The quantitative estimate of drug-likeness (QED) is 0.876. The number of nitrogens with one attached hydrogen (secondary N) is 1. The minimum Gasteiger partial charge on any atom is -0.380 e. The molecule has 3 nitrogen and oxygen atoms in total. The second-order valence-electron chi connectivity index (χ2n) is 6.19. The highest BCUT2D eigenvalue weighted by Gasteiger charge is 2.50. The molecule has 1 fully saturated rings. The van der Waals surface area contributed by atoms with E-state index in [1.807, 2.05) is 30.3 Å². The molecular formula is C16H23F3N2O. The third-order valence-electron chi connectivity index (χ3n) is 4.17. The zero-order chi connectivity index (χ0) is 16.2. The first-order chi connectivity index (χ1) is 10.3. The lowest BCUT2D eigenvalue weighted by Crippen LogP contribution is -2.54. The second kappa shape index (κ2) is 6.98. The first-order valence-corrected chi connectivity index (χ1v) is 7.57. The number of nitrogens with zero attached hydrogens (tertiary/aromatic N) is 1. The van der Waals surface area contributed by atoms with E-state index in [0.717, 1.165) is 26.3 Å². The van der Waals surface area contributed by atoms with E-state index in [0.29, 0.717) is 19.1 Å². The van der Waals surface area contributed by atoms with Crippen molar-refractivity contribution in [3.05, 3.63) is 35.9 Å². The van der Waals surface area contributed by atoms with Gasteiger partial charge in [0, 0.05) is 19.1 Å². The maximum absolute atomic E-state index is 12.7. The van der Waals surface area contributed by atoms with Gasteiger partial charge in [0.1, 0.15) is 0 Å². The van der Waals surface area contributed by atoms with E-state index in [9.17, 15) is 18.3 Å². The van der Waals surface area contributed by atoms with Crippen molar-refractivity contribution in [2.24, 2.45) is 0 Å². The number of alkyl halides is 3. The van der Waals surface area contributed by atoms with Crippen molar-refractivity contribution in [3.63, 3.8) is 0 Å². The predicted molar refractivity (Wildman–Crippen MR) is 79.4 cm³/mol. The van der Waals surface area contributed by atoms with Crippen molar-refractivity contribution in [1.29, 1.82) is 0 Å². The van der Waals surface area contributed by atoms with Gasteiger partial charge in [-0.25, -0.2) is 0 Å². The normalized spacial score (nSPS) is 20.8. The first-order valence-electron chi connectivity index (χ1n) is 7.57. The predicted octanol–water partition coefficient (Wildman–Crippen LogP) is 2.55. The van der Waals surface area contributed by atoms with Gasteiger partial charge in [-0.1, -0.05) is 30.3 Å². The first kappa shape index (κ1) is 17.2. The second-order valence-corrected chi connectivity index (χ2v) is 6.19. The molecule has 1 saturated heterocycles. The smallest absolute Gasteiger partial charge is 0.380 e. The number of rotatable bonds is 5. The minimum absolute atomic E-state index is 0.312. The Balaban J connectivity index is 1.74. The molecule has 0 radical (unpaired) electrons. The summed E-state index contributed by atoms with van der Waals surface area (Å²) in [6, 6.07) is 10.3. The molecule has 2 rings (SSSR count). The zero-order valence-electron chi connectivity index (χ0n) is 12.7. The number of halogens is 3. The molecule has 6 heteroatoms. The lowest BCUT2D eigenvalue weighted by molar-refractivity contribution is -0.258.